The van der Waals surface area contributed by atoms with Gasteiger partial charge in [-0.1, -0.05) is 29.1 Å². The van der Waals surface area contributed by atoms with Crippen molar-refractivity contribution in [3.8, 4) is 29.3 Å². The Hall–Kier alpha value is -4.00. The van der Waals surface area contributed by atoms with Gasteiger partial charge in [0.15, 0.2) is 5.82 Å². The van der Waals surface area contributed by atoms with Crippen molar-refractivity contribution in [3.63, 3.8) is 0 Å². The van der Waals surface area contributed by atoms with Gasteiger partial charge in [-0.25, -0.2) is 13.8 Å². The Kier molecular flexibility index (Phi) is 6.72. The maximum absolute atomic E-state index is 15.0. The highest BCUT2D eigenvalue weighted by Gasteiger charge is 2.19. The van der Waals surface area contributed by atoms with Crippen LogP contribution in [0, 0.1) is 24.0 Å². The van der Waals surface area contributed by atoms with Crippen LogP contribution in [-0.4, -0.2) is 32.4 Å². The summed E-state index contributed by atoms with van der Waals surface area (Å²) in [7, 11) is 0. The van der Waals surface area contributed by atoms with Gasteiger partial charge in [-0.05, 0) is 36.4 Å². The molecule has 0 saturated carbocycles. The number of rotatable bonds is 6. The van der Waals surface area contributed by atoms with Gasteiger partial charge in [0.05, 0.1) is 46.4 Å². The van der Waals surface area contributed by atoms with Crippen LogP contribution in [-0.2, 0) is 0 Å². The topological polar surface area (TPSA) is 84.7 Å². The number of nitrogens with zero attached hydrogens (tertiary/aromatic N) is 4. The van der Waals surface area contributed by atoms with Crippen molar-refractivity contribution in [1.82, 2.24) is 20.0 Å². The highest BCUT2D eigenvalue weighted by atomic mass is 35.5. The molecule has 34 heavy (non-hydrogen) atoms. The second-order valence-corrected chi connectivity index (χ2v) is 7.68. The molecule has 2 heterocycles. The summed E-state index contributed by atoms with van der Waals surface area (Å²) in [5.74, 6) is 0.710. The van der Waals surface area contributed by atoms with Crippen LogP contribution in [0.15, 0.2) is 55.0 Å². The van der Waals surface area contributed by atoms with Crippen molar-refractivity contribution in [3.05, 3.63) is 82.2 Å². The smallest absolute Gasteiger partial charge is 0.257 e. The molecule has 7 nitrogen and oxygen atoms in total. The van der Waals surface area contributed by atoms with Gasteiger partial charge < -0.3 is 10.6 Å². The second kappa shape index (κ2) is 9.87. The number of pyridine rings is 1. The third-order valence-corrected chi connectivity index (χ3v) is 5.23. The first-order valence-electron chi connectivity index (χ1n) is 9.67. The molecule has 0 spiro atoms. The lowest BCUT2D eigenvalue weighted by Gasteiger charge is -2.14. The number of nitrogens with one attached hydrogen (secondary N) is 2. The fraction of sp³-hybridized carbons (Fsp3) is 0.0435. The Bertz CT molecular complexity index is 1420. The first-order valence-corrected chi connectivity index (χ1v) is 10.4. The summed E-state index contributed by atoms with van der Waals surface area (Å²) in [5.41, 5.74) is 0.837. The molecule has 0 fully saturated rings. The van der Waals surface area contributed by atoms with Crippen LogP contribution in [0.3, 0.4) is 0 Å². The molecule has 4 rings (SSSR count). The second-order valence-electron chi connectivity index (χ2n) is 6.86. The molecular formula is C23H14Cl2F2N6O. The van der Waals surface area contributed by atoms with Gasteiger partial charge in [0.1, 0.15) is 11.6 Å². The normalized spacial score (nSPS) is 10.6. The SMILES string of the molecule is C#CCNc1cc(F)ccc1-c1cc(Cl)c(C(=O)Nc2cnc(-n3nccn3)c(Cl)c2)cc1F. The summed E-state index contributed by atoms with van der Waals surface area (Å²) in [6.07, 6.45) is 9.53. The van der Waals surface area contributed by atoms with Gasteiger partial charge in [-0.15, -0.1) is 11.2 Å². The summed E-state index contributed by atoms with van der Waals surface area (Å²) in [5, 5.41) is 13.5. The summed E-state index contributed by atoms with van der Waals surface area (Å²) in [6, 6.07) is 7.51. The number of hydrogen-bond donors (Lipinski definition) is 2. The molecule has 170 valence electrons. The Morgan fingerprint density at radius 1 is 1.06 bits per heavy atom. The summed E-state index contributed by atoms with van der Waals surface area (Å²) in [4.78, 5) is 18.1. The van der Waals surface area contributed by atoms with E-state index in [1.54, 1.807) is 0 Å². The van der Waals surface area contributed by atoms with Crippen LogP contribution >= 0.6 is 23.2 Å². The predicted octanol–water partition coefficient (Wildman–Crippen LogP) is 5.21. The molecule has 2 aromatic carbocycles. The van der Waals surface area contributed by atoms with Crippen molar-refractivity contribution < 1.29 is 13.6 Å². The number of terminal acetylenes is 1. The van der Waals surface area contributed by atoms with Gasteiger partial charge in [-0.2, -0.15) is 10.2 Å². The van der Waals surface area contributed by atoms with Crippen molar-refractivity contribution in [1.29, 1.82) is 0 Å². The summed E-state index contributed by atoms with van der Waals surface area (Å²) < 4.78 is 28.7. The van der Waals surface area contributed by atoms with E-state index in [0.717, 1.165) is 6.07 Å². The Balaban J connectivity index is 1.61. The maximum atomic E-state index is 15.0. The lowest BCUT2D eigenvalue weighted by atomic mass is 10.0. The first-order chi connectivity index (χ1) is 16.4. The summed E-state index contributed by atoms with van der Waals surface area (Å²) >= 11 is 12.5. The van der Waals surface area contributed by atoms with Crippen LogP contribution in [0.1, 0.15) is 10.4 Å². The van der Waals surface area contributed by atoms with E-state index in [9.17, 15) is 9.18 Å². The zero-order valence-corrected chi connectivity index (χ0v) is 18.7. The zero-order chi connectivity index (χ0) is 24.2. The highest BCUT2D eigenvalue weighted by Crippen LogP contribution is 2.34. The molecule has 0 aliphatic carbocycles. The Morgan fingerprint density at radius 2 is 1.82 bits per heavy atom. The van der Waals surface area contributed by atoms with Crippen molar-refractivity contribution in [2.75, 3.05) is 17.2 Å². The van der Waals surface area contributed by atoms with Crippen LogP contribution in [0.2, 0.25) is 10.0 Å². The van der Waals surface area contributed by atoms with Crippen LogP contribution in [0.5, 0.6) is 0 Å². The minimum atomic E-state index is -0.735. The molecule has 0 aliphatic rings. The van der Waals surface area contributed by atoms with Gasteiger partial charge in [0.25, 0.3) is 5.91 Å². The van der Waals surface area contributed by atoms with Crippen molar-refractivity contribution in [2.24, 2.45) is 0 Å². The molecule has 0 saturated heterocycles. The minimum Gasteiger partial charge on any atom is -0.374 e. The van der Waals surface area contributed by atoms with E-state index in [1.165, 1.54) is 53.7 Å². The highest BCUT2D eigenvalue weighted by molar-refractivity contribution is 6.35. The predicted molar refractivity (Wildman–Crippen MR) is 126 cm³/mol. The van der Waals surface area contributed by atoms with Crippen molar-refractivity contribution in [2.45, 2.75) is 0 Å². The van der Waals surface area contributed by atoms with E-state index in [1.807, 2.05) is 0 Å². The molecule has 11 heteroatoms. The molecule has 4 aromatic rings. The van der Waals surface area contributed by atoms with E-state index in [0.29, 0.717) is 5.56 Å². The van der Waals surface area contributed by atoms with E-state index in [-0.39, 0.29) is 44.9 Å². The molecule has 2 N–H and O–H groups in total. The third-order valence-electron chi connectivity index (χ3n) is 4.64. The quantitative estimate of drug-likeness (QED) is 0.356. The van der Waals surface area contributed by atoms with E-state index >= 15 is 4.39 Å². The number of anilines is 2. The molecule has 0 unspecified atom stereocenters. The molecule has 1 amide bonds. The number of hydrogen-bond acceptors (Lipinski definition) is 5. The summed E-state index contributed by atoms with van der Waals surface area (Å²) in [6.45, 7) is 0.109. The van der Waals surface area contributed by atoms with Gasteiger partial charge in [-0.3, -0.25) is 4.79 Å². The van der Waals surface area contributed by atoms with Crippen LogP contribution in [0.4, 0.5) is 20.2 Å². The standard InChI is InChI=1S/C23H14Cl2F2N6O/c1-2-5-28-21-8-13(26)3-4-15(21)16-10-18(24)17(11-20(16)27)23(34)32-14-9-19(25)22(29-12-14)33-30-6-7-31-33/h1,3-4,6-12,28H,5H2,(H,32,34). The van der Waals surface area contributed by atoms with Gasteiger partial charge in [0, 0.05) is 16.8 Å². The molecule has 0 radical (unpaired) electrons. The van der Waals surface area contributed by atoms with Gasteiger partial charge >= 0.3 is 0 Å². The Morgan fingerprint density at radius 3 is 2.53 bits per heavy atom. The Labute approximate surface area is 202 Å². The number of carbonyl (C=O) groups is 1. The number of carbonyl (C=O) groups excluding carboxylic acids is 1. The van der Waals surface area contributed by atoms with Crippen LogP contribution < -0.4 is 10.6 Å². The van der Waals surface area contributed by atoms with E-state index in [4.69, 9.17) is 29.6 Å². The van der Waals surface area contributed by atoms with E-state index in [2.05, 4.69) is 31.7 Å². The third kappa shape index (κ3) is 4.83. The largest absolute Gasteiger partial charge is 0.374 e. The lowest BCUT2D eigenvalue weighted by molar-refractivity contribution is 0.102. The van der Waals surface area contributed by atoms with Gasteiger partial charge in [0.2, 0.25) is 0 Å². The minimum absolute atomic E-state index is 0.0162. The molecule has 0 bridgehead atoms. The average Bonchev–Trinajstić information content (AvgIpc) is 3.34. The number of aromatic nitrogens is 4. The fourth-order valence-corrected chi connectivity index (χ4v) is 3.63. The number of halogens is 4. The van der Waals surface area contributed by atoms with E-state index < -0.39 is 17.5 Å². The monoisotopic (exact) mass is 498 g/mol. The molecule has 0 atom stereocenters. The molecule has 2 aromatic heterocycles. The van der Waals surface area contributed by atoms with Crippen LogP contribution in [0.25, 0.3) is 16.9 Å². The van der Waals surface area contributed by atoms with Crippen molar-refractivity contribution >= 4 is 40.5 Å². The fourth-order valence-electron chi connectivity index (χ4n) is 3.14. The molecule has 0 aliphatic heterocycles. The lowest BCUT2D eigenvalue weighted by Crippen LogP contribution is -2.14. The maximum Gasteiger partial charge on any atom is 0.257 e. The number of amides is 1. The first kappa shape index (κ1) is 23.2. The molecular weight excluding hydrogens is 485 g/mol. The zero-order valence-electron chi connectivity index (χ0n) is 17.2. The average molecular weight is 499 g/mol. The number of benzene rings is 2.